The summed E-state index contributed by atoms with van der Waals surface area (Å²) in [6.07, 6.45) is 4.34. The molecule has 3 aromatic carbocycles. The van der Waals surface area contributed by atoms with Crippen LogP contribution in [0.25, 0.3) is 6.08 Å². The van der Waals surface area contributed by atoms with Crippen molar-refractivity contribution in [2.24, 2.45) is 32.1 Å². The number of anilines is 2. The van der Waals surface area contributed by atoms with Crippen molar-refractivity contribution in [2.75, 3.05) is 10.3 Å². The highest BCUT2D eigenvalue weighted by Crippen LogP contribution is 2.23. The van der Waals surface area contributed by atoms with E-state index in [0.29, 0.717) is 33.4 Å². The zero-order valence-electron chi connectivity index (χ0n) is 21.9. The fourth-order valence-corrected chi connectivity index (χ4v) is 3.86. The first-order valence-electron chi connectivity index (χ1n) is 12.1. The van der Waals surface area contributed by atoms with Crippen molar-refractivity contribution in [2.45, 2.75) is 12.5 Å². The number of hydrazine groups is 1. The Morgan fingerprint density at radius 3 is 2.44 bits per heavy atom. The molecular weight excluding hydrogens is 544 g/mol. The van der Waals surface area contributed by atoms with Crippen molar-refractivity contribution >= 4 is 66.5 Å². The number of hydrazone groups is 2. The Morgan fingerprint density at radius 1 is 1.05 bits per heavy atom. The van der Waals surface area contributed by atoms with E-state index in [0.717, 1.165) is 5.56 Å². The van der Waals surface area contributed by atoms with Gasteiger partial charge < -0.3 is 16.5 Å². The minimum atomic E-state index is -0.891. The summed E-state index contributed by atoms with van der Waals surface area (Å²) in [6, 6.07) is 20.1. The normalized spacial score (nSPS) is 12.1. The second kappa shape index (κ2) is 15.3. The van der Waals surface area contributed by atoms with Gasteiger partial charge in [-0.2, -0.15) is 15.3 Å². The van der Waals surface area contributed by atoms with E-state index in [1.54, 1.807) is 42.5 Å². The third kappa shape index (κ3) is 9.13. The lowest BCUT2D eigenvalue weighted by Crippen LogP contribution is -2.44. The molecule has 0 aliphatic rings. The van der Waals surface area contributed by atoms with Gasteiger partial charge in [0.05, 0.1) is 5.69 Å². The summed E-state index contributed by atoms with van der Waals surface area (Å²) >= 11 is 6.15. The second-order valence-electron chi connectivity index (χ2n) is 8.38. The van der Waals surface area contributed by atoms with Crippen LogP contribution in [-0.4, -0.2) is 43.5 Å². The van der Waals surface area contributed by atoms with Gasteiger partial charge in [-0.15, -0.1) is 5.10 Å². The Kier molecular flexibility index (Phi) is 11.3. The lowest BCUT2D eigenvalue weighted by molar-refractivity contribution is -0.123. The standard InChI is InChI=1S/C28H29ClN10O2/c1-32-34-18-39(31)25-14-11-22(29)17-21(25)10-15-26(40)36-24(16-19-6-4-3-5-7-19)28(41)35-23-12-8-20(9-13-23)27(37-30)38-33-2/h3-15,17-18,24H,1-2,16,30-31H2,(H,35,41)(H,36,40)(H,37,38)/b15-10+,34-18-. The number of amidine groups is 1. The van der Waals surface area contributed by atoms with E-state index in [1.807, 2.05) is 30.3 Å². The minimum absolute atomic E-state index is 0.257. The number of rotatable bonds is 12. The average Bonchev–Trinajstić information content (AvgIpc) is 2.98. The van der Waals surface area contributed by atoms with E-state index in [4.69, 9.17) is 23.3 Å². The molecular formula is C28H29ClN10O2. The highest BCUT2D eigenvalue weighted by Gasteiger charge is 2.21. The first-order valence-corrected chi connectivity index (χ1v) is 12.5. The second-order valence-corrected chi connectivity index (χ2v) is 8.82. The number of benzene rings is 3. The van der Waals surface area contributed by atoms with Crippen LogP contribution in [0.5, 0.6) is 0 Å². The zero-order valence-corrected chi connectivity index (χ0v) is 22.7. The smallest absolute Gasteiger partial charge is 0.247 e. The first kappa shape index (κ1) is 30.2. The van der Waals surface area contributed by atoms with Gasteiger partial charge in [-0.1, -0.05) is 41.9 Å². The van der Waals surface area contributed by atoms with Crippen molar-refractivity contribution in [1.82, 2.24) is 10.7 Å². The van der Waals surface area contributed by atoms with Gasteiger partial charge >= 0.3 is 0 Å². The third-order valence-corrected chi connectivity index (χ3v) is 5.83. The lowest BCUT2D eigenvalue weighted by atomic mass is 10.0. The van der Waals surface area contributed by atoms with E-state index < -0.39 is 17.9 Å². The molecule has 210 valence electrons. The van der Waals surface area contributed by atoms with Gasteiger partial charge in [-0.25, -0.2) is 5.84 Å². The molecule has 0 saturated carbocycles. The minimum Gasteiger partial charge on any atom is -0.340 e. The number of halogens is 1. The quantitative estimate of drug-likeness (QED) is 0.0733. The molecule has 0 heterocycles. The van der Waals surface area contributed by atoms with Crippen molar-refractivity contribution in [3.05, 3.63) is 101 Å². The van der Waals surface area contributed by atoms with Crippen LogP contribution < -0.4 is 32.8 Å². The monoisotopic (exact) mass is 572 g/mol. The van der Waals surface area contributed by atoms with E-state index in [-0.39, 0.29) is 6.42 Å². The molecule has 0 aliphatic carbocycles. The maximum Gasteiger partial charge on any atom is 0.247 e. The molecule has 0 saturated heterocycles. The van der Waals surface area contributed by atoms with E-state index in [1.165, 1.54) is 23.5 Å². The summed E-state index contributed by atoms with van der Waals surface area (Å²) in [4.78, 5) is 26.3. The van der Waals surface area contributed by atoms with Crippen LogP contribution in [0.1, 0.15) is 16.7 Å². The van der Waals surface area contributed by atoms with Crippen LogP contribution in [0.2, 0.25) is 5.02 Å². The molecule has 7 N–H and O–H groups in total. The van der Waals surface area contributed by atoms with Crippen LogP contribution in [0.4, 0.5) is 11.4 Å². The summed E-state index contributed by atoms with van der Waals surface area (Å²) in [5.74, 6) is 10.8. The number of carbonyl (C=O) groups excluding carboxylic acids is 2. The fraction of sp³-hybridized carbons (Fsp3) is 0.0714. The molecule has 13 heteroatoms. The third-order valence-electron chi connectivity index (χ3n) is 5.60. The number of nitrogens with two attached hydrogens (primary N) is 2. The van der Waals surface area contributed by atoms with Gasteiger partial charge in [0, 0.05) is 47.8 Å². The van der Waals surface area contributed by atoms with Gasteiger partial charge in [-0.05, 0) is 54.1 Å². The Balaban J connectivity index is 1.79. The van der Waals surface area contributed by atoms with Crippen LogP contribution in [-0.2, 0) is 16.0 Å². The summed E-state index contributed by atoms with van der Waals surface area (Å²) in [6.45, 7) is 6.62. The zero-order chi connectivity index (χ0) is 29.6. The predicted octanol–water partition coefficient (Wildman–Crippen LogP) is 2.87. The van der Waals surface area contributed by atoms with Crippen LogP contribution in [0, 0.1) is 0 Å². The molecule has 41 heavy (non-hydrogen) atoms. The Morgan fingerprint density at radius 2 is 1.78 bits per heavy atom. The summed E-state index contributed by atoms with van der Waals surface area (Å²) in [5, 5.41) is 21.5. The van der Waals surface area contributed by atoms with Crippen molar-refractivity contribution in [3.63, 3.8) is 0 Å². The molecule has 0 aromatic heterocycles. The SMILES string of the molecule is C=N/N=C\N(N)c1ccc(Cl)cc1/C=C/C(=O)NC(Cc1ccccc1)C(=O)Nc1ccc(C(=NN)NN=C)cc1. The van der Waals surface area contributed by atoms with E-state index in [9.17, 15) is 9.59 Å². The predicted molar refractivity (Wildman–Crippen MR) is 166 cm³/mol. The number of nitrogens with zero attached hydrogens (tertiary/aromatic N) is 5. The van der Waals surface area contributed by atoms with Gasteiger partial charge in [0.2, 0.25) is 11.8 Å². The molecule has 1 atom stereocenters. The lowest BCUT2D eigenvalue weighted by Gasteiger charge is -2.18. The van der Waals surface area contributed by atoms with E-state index >= 15 is 0 Å². The molecule has 0 spiro atoms. The van der Waals surface area contributed by atoms with Crippen molar-refractivity contribution in [3.8, 4) is 0 Å². The molecule has 0 fully saturated rings. The number of hydrogen-bond acceptors (Lipinski definition) is 8. The van der Waals surface area contributed by atoms with Crippen LogP contribution >= 0.6 is 11.6 Å². The van der Waals surface area contributed by atoms with Gasteiger partial charge in [0.25, 0.3) is 0 Å². The Bertz CT molecular complexity index is 1460. The van der Waals surface area contributed by atoms with E-state index in [2.05, 4.69) is 49.9 Å². The summed E-state index contributed by atoms with van der Waals surface area (Å²) < 4.78 is 0. The number of amides is 2. The molecule has 2 amide bonds. The van der Waals surface area contributed by atoms with Crippen LogP contribution in [0.3, 0.4) is 0 Å². The van der Waals surface area contributed by atoms with Crippen molar-refractivity contribution < 1.29 is 9.59 Å². The number of hydrogen-bond donors (Lipinski definition) is 5. The Labute approximate surface area is 242 Å². The molecule has 0 bridgehead atoms. The topological polar surface area (TPSA) is 175 Å². The number of nitrogens with one attached hydrogen (secondary N) is 3. The first-order chi connectivity index (χ1) is 19.8. The maximum absolute atomic E-state index is 13.3. The maximum atomic E-state index is 13.3. The summed E-state index contributed by atoms with van der Waals surface area (Å²) in [5.41, 5.74) is 5.65. The van der Waals surface area contributed by atoms with Crippen molar-refractivity contribution in [1.29, 1.82) is 0 Å². The Hall–Kier alpha value is -5.33. The molecule has 1 unspecified atom stereocenters. The van der Waals surface area contributed by atoms with Gasteiger partial charge in [0.15, 0.2) is 5.84 Å². The highest BCUT2D eigenvalue weighted by atomic mass is 35.5. The van der Waals surface area contributed by atoms with Gasteiger partial charge in [0.1, 0.15) is 12.4 Å². The summed E-state index contributed by atoms with van der Waals surface area (Å²) in [7, 11) is 0. The molecule has 3 aromatic rings. The largest absolute Gasteiger partial charge is 0.340 e. The van der Waals surface area contributed by atoms with Crippen LogP contribution in [0.15, 0.2) is 99.3 Å². The number of carbonyl (C=O) groups is 2. The molecule has 3 rings (SSSR count). The van der Waals surface area contributed by atoms with Gasteiger partial charge in [-0.3, -0.25) is 20.0 Å². The molecule has 0 radical (unpaired) electrons. The average molecular weight is 573 g/mol. The highest BCUT2D eigenvalue weighted by molar-refractivity contribution is 6.30. The molecule has 0 aliphatic heterocycles. The molecule has 12 nitrogen and oxygen atoms in total. The fourth-order valence-electron chi connectivity index (χ4n) is 3.68.